The molecule has 0 atom stereocenters. The van der Waals surface area contributed by atoms with E-state index in [9.17, 15) is 0 Å². The maximum absolute atomic E-state index is 9.11. The summed E-state index contributed by atoms with van der Waals surface area (Å²) < 4.78 is 1.79. The molecule has 0 amide bonds. The van der Waals surface area contributed by atoms with Gasteiger partial charge in [0.2, 0.25) is 0 Å². The summed E-state index contributed by atoms with van der Waals surface area (Å²) in [6, 6.07) is 9.32. The zero-order valence-corrected chi connectivity index (χ0v) is 10.4. The minimum atomic E-state index is 0.493. The summed E-state index contributed by atoms with van der Waals surface area (Å²) in [4.78, 5) is 8.55. The molecule has 0 radical (unpaired) electrons. The lowest BCUT2D eigenvalue weighted by atomic mass is 10.2. The Kier molecular flexibility index (Phi) is 2.91. The van der Waals surface area contributed by atoms with Crippen LogP contribution in [-0.2, 0) is 0 Å². The van der Waals surface area contributed by atoms with Gasteiger partial charge in [0.15, 0.2) is 17.3 Å². The van der Waals surface area contributed by atoms with Crippen LogP contribution in [0, 0.1) is 11.3 Å². The molecule has 0 bridgehead atoms. The summed E-state index contributed by atoms with van der Waals surface area (Å²) >= 11 is 0. The number of hydrogen-bond donors (Lipinski definition) is 3. The van der Waals surface area contributed by atoms with Gasteiger partial charge in [-0.1, -0.05) is 12.1 Å². The van der Waals surface area contributed by atoms with Crippen LogP contribution in [0.3, 0.4) is 0 Å². The van der Waals surface area contributed by atoms with Gasteiger partial charge in [0.25, 0.3) is 0 Å². The van der Waals surface area contributed by atoms with Crippen LogP contribution in [0.5, 0.6) is 0 Å². The summed E-state index contributed by atoms with van der Waals surface area (Å²) in [5.74, 6) is 6.42. The first-order valence-electron chi connectivity index (χ1n) is 5.88. The van der Waals surface area contributed by atoms with E-state index in [1.54, 1.807) is 35.1 Å². The molecular formula is C13H11N7. The van der Waals surface area contributed by atoms with E-state index < -0.39 is 0 Å². The highest BCUT2D eigenvalue weighted by Crippen LogP contribution is 2.23. The SMILES string of the molecule is N#Cc1ccccc1Nc1nc(NN)cn2ccnc12. The van der Waals surface area contributed by atoms with Crippen molar-refractivity contribution in [1.82, 2.24) is 14.4 Å². The third-order valence-corrected chi connectivity index (χ3v) is 2.82. The highest BCUT2D eigenvalue weighted by molar-refractivity contribution is 5.74. The van der Waals surface area contributed by atoms with Gasteiger partial charge in [-0.25, -0.2) is 15.8 Å². The standard InChI is InChI=1S/C13H11N7/c14-7-9-3-1-2-4-10(9)17-12-13-16-5-6-20(13)8-11(18-12)19-15/h1-6,8,19H,15H2,(H,17,18). The van der Waals surface area contributed by atoms with Crippen molar-refractivity contribution in [2.75, 3.05) is 10.7 Å². The molecule has 1 aromatic carbocycles. The fourth-order valence-corrected chi connectivity index (χ4v) is 1.90. The second-order valence-electron chi connectivity index (χ2n) is 4.06. The van der Waals surface area contributed by atoms with E-state index in [1.807, 2.05) is 12.1 Å². The largest absolute Gasteiger partial charge is 0.336 e. The number of imidazole rings is 1. The van der Waals surface area contributed by atoms with Crippen molar-refractivity contribution < 1.29 is 0 Å². The van der Waals surface area contributed by atoms with E-state index in [4.69, 9.17) is 11.1 Å². The third-order valence-electron chi connectivity index (χ3n) is 2.82. The number of nitrogens with zero attached hydrogens (tertiary/aromatic N) is 4. The predicted molar refractivity (Wildman–Crippen MR) is 75.2 cm³/mol. The maximum atomic E-state index is 9.11. The van der Waals surface area contributed by atoms with Crippen LogP contribution in [0.15, 0.2) is 42.9 Å². The van der Waals surface area contributed by atoms with E-state index >= 15 is 0 Å². The molecule has 3 rings (SSSR count). The Morgan fingerprint density at radius 3 is 2.95 bits per heavy atom. The normalized spacial score (nSPS) is 10.2. The Morgan fingerprint density at radius 2 is 2.15 bits per heavy atom. The molecule has 0 spiro atoms. The second kappa shape index (κ2) is 4.87. The molecule has 3 aromatic rings. The highest BCUT2D eigenvalue weighted by atomic mass is 15.3. The van der Waals surface area contributed by atoms with Crippen molar-refractivity contribution in [3.63, 3.8) is 0 Å². The molecule has 2 heterocycles. The summed E-state index contributed by atoms with van der Waals surface area (Å²) in [6.07, 6.45) is 5.18. The number of benzene rings is 1. The van der Waals surface area contributed by atoms with Crippen LogP contribution >= 0.6 is 0 Å². The topological polar surface area (TPSA) is 104 Å². The number of hydrogen-bond acceptors (Lipinski definition) is 6. The van der Waals surface area contributed by atoms with E-state index in [0.29, 0.717) is 28.5 Å². The van der Waals surface area contributed by atoms with Crippen molar-refractivity contribution in [2.24, 2.45) is 5.84 Å². The summed E-state index contributed by atoms with van der Waals surface area (Å²) in [5, 5.41) is 12.2. The molecule has 0 aliphatic carbocycles. The number of nitriles is 1. The average molecular weight is 265 g/mol. The number of para-hydroxylation sites is 1. The van der Waals surface area contributed by atoms with Crippen LogP contribution in [0.2, 0.25) is 0 Å². The molecule has 2 aromatic heterocycles. The van der Waals surface area contributed by atoms with Gasteiger partial charge in [0.1, 0.15) is 6.07 Å². The fraction of sp³-hybridized carbons (Fsp3) is 0. The molecule has 98 valence electrons. The van der Waals surface area contributed by atoms with Gasteiger partial charge in [-0.2, -0.15) is 5.26 Å². The maximum Gasteiger partial charge on any atom is 0.180 e. The lowest BCUT2D eigenvalue weighted by Gasteiger charge is -2.10. The van der Waals surface area contributed by atoms with E-state index in [1.165, 1.54) is 0 Å². The van der Waals surface area contributed by atoms with Gasteiger partial charge in [-0.05, 0) is 12.1 Å². The molecule has 7 nitrogen and oxygen atoms in total. The van der Waals surface area contributed by atoms with E-state index in [2.05, 4.69) is 26.8 Å². The van der Waals surface area contributed by atoms with Crippen LogP contribution in [0.1, 0.15) is 5.56 Å². The number of fused-ring (bicyclic) bond motifs is 1. The zero-order chi connectivity index (χ0) is 13.9. The Bertz CT molecular complexity index is 800. The van der Waals surface area contributed by atoms with Crippen molar-refractivity contribution in [1.29, 1.82) is 5.26 Å². The fourth-order valence-electron chi connectivity index (χ4n) is 1.90. The van der Waals surface area contributed by atoms with Crippen molar-refractivity contribution in [3.05, 3.63) is 48.4 Å². The minimum Gasteiger partial charge on any atom is -0.336 e. The van der Waals surface area contributed by atoms with Gasteiger partial charge >= 0.3 is 0 Å². The summed E-state index contributed by atoms with van der Waals surface area (Å²) in [7, 11) is 0. The van der Waals surface area contributed by atoms with E-state index in [-0.39, 0.29) is 0 Å². The Balaban J connectivity index is 2.10. The highest BCUT2D eigenvalue weighted by Gasteiger charge is 2.09. The molecule has 4 N–H and O–H groups in total. The van der Waals surface area contributed by atoms with Gasteiger partial charge < -0.3 is 15.1 Å². The monoisotopic (exact) mass is 265 g/mol. The molecule has 7 heteroatoms. The first kappa shape index (κ1) is 12.0. The lowest BCUT2D eigenvalue weighted by molar-refractivity contribution is 1.11. The number of aromatic nitrogens is 3. The van der Waals surface area contributed by atoms with Crippen molar-refractivity contribution in [2.45, 2.75) is 0 Å². The number of anilines is 3. The van der Waals surface area contributed by atoms with Gasteiger partial charge in [-0.3, -0.25) is 0 Å². The molecule has 0 aliphatic rings. The first-order valence-corrected chi connectivity index (χ1v) is 5.88. The summed E-state index contributed by atoms with van der Waals surface area (Å²) in [6.45, 7) is 0. The Labute approximate surface area is 114 Å². The predicted octanol–water partition coefficient (Wildman–Crippen LogP) is 1.63. The van der Waals surface area contributed by atoms with Crippen LogP contribution in [0.25, 0.3) is 5.65 Å². The quantitative estimate of drug-likeness (QED) is 0.491. The lowest BCUT2D eigenvalue weighted by Crippen LogP contribution is -2.11. The molecule has 0 unspecified atom stereocenters. The van der Waals surface area contributed by atoms with Crippen LogP contribution in [0.4, 0.5) is 17.3 Å². The van der Waals surface area contributed by atoms with Crippen LogP contribution in [-0.4, -0.2) is 14.4 Å². The Hall–Kier alpha value is -3.11. The third kappa shape index (κ3) is 2.00. The number of nitrogen functional groups attached to an aromatic ring is 1. The van der Waals surface area contributed by atoms with Gasteiger partial charge in [0, 0.05) is 12.4 Å². The summed E-state index contributed by atoms with van der Waals surface area (Å²) in [5.41, 5.74) is 4.35. The van der Waals surface area contributed by atoms with Crippen molar-refractivity contribution >= 4 is 23.0 Å². The number of nitrogens with two attached hydrogens (primary N) is 1. The second-order valence-corrected chi connectivity index (χ2v) is 4.06. The molecule has 0 fully saturated rings. The molecular weight excluding hydrogens is 254 g/mol. The van der Waals surface area contributed by atoms with Gasteiger partial charge in [-0.15, -0.1) is 0 Å². The zero-order valence-electron chi connectivity index (χ0n) is 10.4. The first-order chi connectivity index (χ1) is 9.81. The molecule has 20 heavy (non-hydrogen) atoms. The van der Waals surface area contributed by atoms with Crippen LogP contribution < -0.4 is 16.6 Å². The molecule has 0 saturated heterocycles. The minimum absolute atomic E-state index is 0.493. The van der Waals surface area contributed by atoms with Gasteiger partial charge in [0.05, 0.1) is 17.4 Å². The number of hydrazine groups is 1. The van der Waals surface area contributed by atoms with Crippen molar-refractivity contribution in [3.8, 4) is 6.07 Å². The molecule has 0 aliphatic heterocycles. The smallest absolute Gasteiger partial charge is 0.180 e. The van der Waals surface area contributed by atoms with E-state index in [0.717, 1.165) is 0 Å². The average Bonchev–Trinajstić information content (AvgIpc) is 2.96. The Morgan fingerprint density at radius 1 is 1.30 bits per heavy atom. The molecule has 0 saturated carbocycles. The number of rotatable bonds is 3. The number of nitrogens with one attached hydrogen (secondary N) is 2.